The third kappa shape index (κ3) is 10.3. The molecule has 2 aromatic carbocycles. The first-order chi connectivity index (χ1) is 28.5. The molecule has 59 heavy (non-hydrogen) atoms. The van der Waals surface area contributed by atoms with E-state index in [0.717, 1.165) is 51.9 Å². The van der Waals surface area contributed by atoms with Crippen LogP contribution >= 0.6 is 46.1 Å². The molecule has 18 heteroatoms. The molecule has 0 saturated carbocycles. The quantitative estimate of drug-likeness (QED) is 0.128. The van der Waals surface area contributed by atoms with Gasteiger partial charge in [-0.1, -0.05) is 46.9 Å². The number of piperidine rings is 1. The molecule has 1 saturated heterocycles. The normalized spacial score (nSPS) is 19.2. The summed E-state index contributed by atoms with van der Waals surface area (Å²) in [5, 5.41) is 23.8. The van der Waals surface area contributed by atoms with Crippen molar-refractivity contribution in [3.8, 4) is 5.00 Å². The smallest absolute Gasteiger partial charge is 0.242 e. The van der Waals surface area contributed by atoms with Gasteiger partial charge >= 0.3 is 0 Å². The average Bonchev–Trinajstić information content (AvgIpc) is 3.90. The van der Waals surface area contributed by atoms with Crippen molar-refractivity contribution in [2.75, 3.05) is 64.7 Å². The Morgan fingerprint density at radius 2 is 1.69 bits per heavy atom. The zero-order chi connectivity index (χ0) is 41.6. The number of hydrazone groups is 1. The van der Waals surface area contributed by atoms with Crippen molar-refractivity contribution in [2.24, 2.45) is 10.1 Å². The van der Waals surface area contributed by atoms with Gasteiger partial charge in [0.25, 0.3) is 0 Å². The van der Waals surface area contributed by atoms with Crippen LogP contribution in [-0.2, 0) is 23.8 Å². The van der Waals surface area contributed by atoms with Crippen LogP contribution in [0.5, 0.6) is 0 Å². The van der Waals surface area contributed by atoms with Crippen LogP contribution in [0.3, 0.4) is 0 Å². The molecule has 0 radical (unpaired) electrons. The molecule has 0 spiro atoms. The third-order valence-corrected chi connectivity index (χ3v) is 12.8. The van der Waals surface area contributed by atoms with Crippen molar-refractivity contribution in [2.45, 2.75) is 64.6 Å². The fraction of sp³-hybridized carbons (Fsp3) is 0.463. The van der Waals surface area contributed by atoms with E-state index in [9.17, 15) is 9.59 Å². The zero-order valence-corrected chi connectivity index (χ0v) is 36.6. The summed E-state index contributed by atoms with van der Waals surface area (Å²) < 4.78 is 19.6. The molecule has 1 fully saturated rings. The average molecular weight is 885 g/mol. The second-order valence-corrected chi connectivity index (χ2v) is 17.2. The highest BCUT2D eigenvalue weighted by Gasteiger charge is 2.34. The minimum atomic E-state index is -0.546. The number of benzene rings is 2. The number of amides is 2. The Labute approximate surface area is 362 Å². The van der Waals surface area contributed by atoms with Crippen molar-refractivity contribution in [1.29, 1.82) is 0 Å². The highest BCUT2D eigenvalue weighted by molar-refractivity contribution is 7.15. The van der Waals surface area contributed by atoms with Crippen LogP contribution in [-0.4, -0.2) is 115 Å². The van der Waals surface area contributed by atoms with Crippen LogP contribution in [0.25, 0.3) is 5.00 Å². The number of amidine groups is 1. The van der Waals surface area contributed by atoms with Crippen molar-refractivity contribution >= 4 is 75.2 Å². The number of nitrogens with one attached hydrogen (secondary N) is 2. The SMILES string of the molecule is Cc1sc2c(c1C)C(c1ccc(Cl)cc1)=N[C@@H](CC(=O)NCCOCCOCCO[C@@H]1CCN(C)[C@H](C(=O)NC3=NN(c4ccc(Cl)c(Cl)c4)CC3)C1)c1nnc(C)n1-2. The first-order valence-electron chi connectivity index (χ1n) is 19.7. The number of likely N-dealkylation sites (N-methyl/N-ethyl adjacent to an activating group) is 1. The van der Waals surface area contributed by atoms with Crippen LogP contribution in [0, 0.1) is 20.8 Å². The standard InChI is InChI=1S/C41H48Cl3N9O5S/c1-24-25(2)59-41-37(24)38(27-5-7-28(42)8-6-27)46-33(39-49-48-26(3)53(39)41)23-36(54)45-13-16-56-17-18-57-19-20-58-30-11-14-51(4)34(22-30)40(55)47-35-12-15-52(50-35)29-9-10-31(43)32(44)21-29/h5-10,21,30,33-34H,11-20,22-23H2,1-4H3,(H,45,54)(H,47,50,55)/t30-,33+,34+/m1/s1. The van der Waals surface area contributed by atoms with E-state index in [-0.39, 0.29) is 30.4 Å². The second-order valence-electron chi connectivity index (χ2n) is 14.7. The predicted molar refractivity (Wildman–Crippen MR) is 232 cm³/mol. The number of anilines is 1. The molecule has 2 N–H and O–H groups in total. The Kier molecular flexibility index (Phi) is 14.4. The minimum Gasteiger partial charge on any atom is -0.377 e. The Balaban J connectivity index is 0.804. The first kappa shape index (κ1) is 43.2. The van der Waals surface area contributed by atoms with Crippen LogP contribution in [0.2, 0.25) is 15.1 Å². The molecule has 3 aliphatic rings. The molecule has 3 atom stereocenters. The number of likely N-dealkylation sites (tertiary alicyclic amines) is 1. The van der Waals surface area contributed by atoms with E-state index < -0.39 is 6.04 Å². The minimum absolute atomic E-state index is 0.0575. The maximum absolute atomic E-state index is 13.3. The van der Waals surface area contributed by atoms with Gasteiger partial charge in [-0.15, -0.1) is 21.5 Å². The lowest BCUT2D eigenvalue weighted by Gasteiger charge is -2.35. The summed E-state index contributed by atoms with van der Waals surface area (Å²) in [6.45, 7) is 9.74. The van der Waals surface area contributed by atoms with Crippen LogP contribution in [0.4, 0.5) is 5.69 Å². The van der Waals surface area contributed by atoms with Crippen LogP contribution in [0.15, 0.2) is 52.6 Å². The Morgan fingerprint density at radius 3 is 2.47 bits per heavy atom. The van der Waals surface area contributed by atoms with Crippen molar-refractivity contribution in [3.05, 3.63) is 90.7 Å². The van der Waals surface area contributed by atoms with Gasteiger partial charge in [-0.05, 0) is 76.6 Å². The number of fused-ring (bicyclic) bond motifs is 3. The van der Waals surface area contributed by atoms with Gasteiger partial charge in [0.05, 0.1) is 73.0 Å². The lowest BCUT2D eigenvalue weighted by Crippen LogP contribution is -2.52. The fourth-order valence-electron chi connectivity index (χ4n) is 7.35. The summed E-state index contributed by atoms with van der Waals surface area (Å²) in [5.74, 6) is 1.73. The molecule has 0 aliphatic carbocycles. The van der Waals surface area contributed by atoms with Crippen LogP contribution < -0.4 is 15.6 Å². The summed E-state index contributed by atoms with van der Waals surface area (Å²) in [4.78, 5) is 34.9. The van der Waals surface area contributed by atoms with Crippen molar-refractivity contribution < 1.29 is 23.8 Å². The van der Waals surface area contributed by atoms with Gasteiger partial charge in [-0.25, -0.2) is 0 Å². The number of ether oxygens (including phenoxy) is 3. The van der Waals surface area contributed by atoms with Gasteiger partial charge in [-0.2, -0.15) is 5.10 Å². The van der Waals surface area contributed by atoms with E-state index in [1.165, 1.54) is 4.88 Å². The van der Waals surface area contributed by atoms with E-state index in [4.69, 9.17) is 54.0 Å². The fourth-order valence-corrected chi connectivity index (χ4v) is 8.98. The molecule has 3 aliphatic heterocycles. The highest BCUT2D eigenvalue weighted by Crippen LogP contribution is 2.39. The van der Waals surface area contributed by atoms with Gasteiger partial charge in [0.2, 0.25) is 11.8 Å². The molecule has 314 valence electrons. The van der Waals surface area contributed by atoms with E-state index >= 15 is 0 Å². The van der Waals surface area contributed by atoms with Gasteiger partial charge in [-0.3, -0.25) is 29.1 Å². The lowest BCUT2D eigenvalue weighted by atomic mass is 9.99. The highest BCUT2D eigenvalue weighted by atomic mass is 35.5. The number of hydrogen-bond acceptors (Lipinski definition) is 12. The monoisotopic (exact) mass is 883 g/mol. The molecule has 4 aromatic rings. The van der Waals surface area contributed by atoms with Crippen molar-refractivity contribution in [1.82, 2.24) is 30.3 Å². The Bertz CT molecular complexity index is 2210. The Morgan fingerprint density at radius 1 is 0.932 bits per heavy atom. The summed E-state index contributed by atoms with van der Waals surface area (Å²) in [7, 11) is 1.95. The number of nitrogens with zero attached hydrogens (tertiary/aromatic N) is 7. The molecular weight excluding hydrogens is 837 g/mol. The number of halogens is 3. The number of aliphatic imine (C=N–C) groups is 1. The summed E-state index contributed by atoms with van der Waals surface area (Å²) >= 11 is 20.1. The molecule has 2 amide bonds. The second kappa shape index (κ2) is 19.6. The number of carbonyl (C=O) groups is 2. The largest absolute Gasteiger partial charge is 0.377 e. The van der Waals surface area contributed by atoms with Gasteiger partial charge in [0.1, 0.15) is 22.7 Å². The maximum Gasteiger partial charge on any atom is 0.242 e. The molecule has 0 unspecified atom stereocenters. The summed E-state index contributed by atoms with van der Waals surface area (Å²) in [6, 6.07) is 12.1. The van der Waals surface area contributed by atoms with Gasteiger partial charge in [0, 0.05) is 47.1 Å². The molecule has 2 aromatic heterocycles. The van der Waals surface area contributed by atoms with Gasteiger partial charge < -0.3 is 24.8 Å². The summed E-state index contributed by atoms with van der Waals surface area (Å²) in [5.41, 5.74) is 4.69. The van der Waals surface area contributed by atoms with E-state index in [1.54, 1.807) is 23.5 Å². The lowest BCUT2D eigenvalue weighted by molar-refractivity contribution is -0.128. The molecule has 0 bridgehead atoms. The van der Waals surface area contributed by atoms with Crippen LogP contribution in [0.1, 0.15) is 64.9 Å². The molecule has 5 heterocycles. The maximum atomic E-state index is 13.3. The topological polar surface area (TPSA) is 148 Å². The number of aryl methyl sites for hydroxylation is 2. The Hall–Kier alpha value is -3.93. The molecule has 14 nitrogen and oxygen atoms in total. The van der Waals surface area contributed by atoms with E-state index in [1.807, 2.05) is 53.9 Å². The number of rotatable bonds is 15. The van der Waals surface area contributed by atoms with E-state index in [0.29, 0.717) is 85.7 Å². The molecular formula is C41H48Cl3N9O5S. The molecule has 7 rings (SSSR count). The van der Waals surface area contributed by atoms with E-state index in [2.05, 4.69) is 44.7 Å². The van der Waals surface area contributed by atoms with Crippen molar-refractivity contribution in [3.63, 3.8) is 0 Å². The summed E-state index contributed by atoms with van der Waals surface area (Å²) in [6.07, 6.45) is 2.06. The first-order valence-corrected chi connectivity index (χ1v) is 21.6. The number of carbonyl (C=O) groups excluding carboxylic acids is 2. The third-order valence-electron chi connectivity index (χ3n) is 10.7. The number of hydrogen-bond donors (Lipinski definition) is 2. The zero-order valence-electron chi connectivity index (χ0n) is 33.5. The number of aromatic nitrogens is 3. The van der Waals surface area contributed by atoms with Gasteiger partial charge in [0.15, 0.2) is 5.82 Å². The predicted octanol–water partition coefficient (Wildman–Crippen LogP) is 6.47. The number of thiophene rings is 1.